The Bertz CT molecular complexity index is 1130. The lowest BCUT2D eigenvalue weighted by Crippen LogP contribution is -2.44. The number of hydrogen-bond donors (Lipinski definition) is 0. The fourth-order valence-electron chi connectivity index (χ4n) is 4.94. The fraction of sp³-hybridized carbons (Fsp3) is 0.464. The van der Waals surface area contributed by atoms with E-state index in [0.29, 0.717) is 31.1 Å². The quantitative estimate of drug-likeness (QED) is 0.477. The zero-order valence-electron chi connectivity index (χ0n) is 21.9. The zero-order valence-corrected chi connectivity index (χ0v) is 21.9. The number of hydrogen-bond acceptors (Lipinski definition) is 8. The second kappa shape index (κ2) is 12.1. The minimum atomic E-state index is -0.272. The van der Waals surface area contributed by atoms with Crippen molar-refractivity contribution in [2.75, 3.05) is 47.6 Å². The predicted molar refractivity (Wildman–Crippen MR) is 139 cm³/mol. The van der Waals surface area contributed by atoms with E-state index in [1.807, 2.05) is 54.3 Å². The SMILES string of the molecule is CCOC(=O)[C@@H]1CCCN(CC(=O)N2N=C(c3ccc(OC)cc3OC)C[C@H]2c2ccc(OC)cc2)C1. The average molecular weight is 510 g/mol. The van der Waals surface area contributed by atoms with Gasteiger partial charge in [-0.25, -0.2) is 5.01 Å². The number of piperidine rings is 1. The number of nitrogens with zero attached hydrogens (tertiary/aromatic N) is 3. The lowest BCUT2D eigenvalue weighted by Gasteiger charge is -2.32. The first-order valence-electron chi connectivity index (χ1n) is 12.6. The maximum absolute atomic E-state index is 13.6. The van der Waals surface area contributed by atoms with Crippen molar-refractivity contribution in [2.24, 2.45) is 11.0 Å². The number of methoxy groups -OCH3 is 3. The van der Waals surface area contributed by atoms with Gasteiger partial charge < -0.3 is 18.9 Å². The lowest BCUT2D eigenvalue weighted by atomic mass is 9.97. The minimum absolute atomic E-state index is 0.118. The van der Waals surface area contributed by atoms with Gasteiger partial charge in [-0.2, -0.15) is 5.10 Å². The van der Waals surface area contributed by atoms with E-state index < -0.39 is 0 Å². The van der Waals surface area contributed by atoms with Crippen molar-refractivity contribution in [1.82, 2.24) is 9.91 Å². The van der Waals surface area contributed by atoms with E-state index in [9.17, 15) is 9.59 Å². The molecule has 4 rings (SSSR count). The third-order valence-corrected chi connectivity index (χ3v) is 6.87. The van der Waals surface area contributed by atoms with E-state index in [2.05, 4.69) is 0 Å². The number of benzene rings is 2. The molecule has 0 spiro atoms. The van der Waals surface area contributed by atoms with Gasteiger partial charge in [-0.15, -0.1) is 0 Å². The summed E-state index contributed by atoms with van der Waals surface area (Å²) in [7, 11) is 4.84. The first-order chi connectivity index (χ1) is 18.0. The van der Waals surface area contributed by atoms with E-state index in [4.69, 9.17) is 24.0 Å². The molecule has 0 unspecified atom stereocenters. The Hall–Kier alpha value is -3.59. The highest BCUT2D eigenvalue weighted by Gasteiger charge is 2.36. The van der Waals surface area contributed by atoms with Crippen molar-refractivity contribution in [3.8, 4) is 17.2 Å². The largest absolute Gasteiger partial charge is 0.497 e. The summed E-state index contributed by atoms with van der Waals surface area (Å²) in [6.45, 7) is 3.61. The van der Waals surface area contributed by atoms with Crippen LogP contribution in [0.15, 0.2) is 47.6 Å². The Morgan fingerprint density at radius 1 is 1.00 bits per heavy atom. The van der Waals surface area contributed by atoms with Crippen LogP contribution in [0.1, 0.15) is 43.4 Å². The minimum Gasteiger partial charge on any atom is -0.497 e. The molecule has 1 fully saturated rings. The van der Waals surface area contributed by atoms with E-state index >= 15 is 0 Å². The Morgan fingerprint density at radius 3 is 2.41 bits per heavy atom. The van der Waals surface area contributed by atoms with Gasteiger partial charge in [0.2, 0.25) is 0 Å². The van der Waals surface area contributed by atoms with Crippen LogP contribution in [-0.2, 0) is 14.3 Å². The van der Waals surface area contributed by atoms with Crippen LogP contribution in [-0.4, -0.2) is 75.1 Å². The molecule has 1 amide bonds. The van der Waals surface area contributed by atoms with Gasteiger partial charge in [-0.3, -0.25) is 14.5 Å². The van der Waals surface area contributed by atoms with Crippen LogP contribution in [0.3, 0.4) is 0 Å². The smallest absolute Gasteiger partial charge is 0.310 e. The molecule has 198 valence electrons. The second-order valence-corrected chi connectivity index (χ2v) is 9.17. The molecule has 0 bridgehead atoms. The summed E-state index contributed by atoms with van der Waals surface area (Å²) in [5.74, 6) is 1.54. The Kier molecular flexibility index (Phi) is 8.66. The topological polar surface area (TPSA) is 89.9 Å². The molecule has 9 nitrogen and oxygen atoms in total. The third-order valence-electron chi connectivity index (χ3n) is 6.87. The van der Waals surface area contributed by atoms with Gasteiger partial charge >= 0.3 is 5.97 Å². The molecule has 37 heavy (non-hydrogen) atoms. The van der Waals surface area contributed by atoms with Gasteiger partial charge in [0.15, 0.2) is 0 Å². The number of carbonyl (C=O) groups is 2. The predicted octanol–water partition coefficient (Wildman–Crippen LogP) is 3.67. The Morgan fingerprint density at radius 2 is 1.73 bits per heavy atom. The van der Waals surface area contributed by atoms with Crippen LogP contribution < -0.4 is 14.2 Å². The highest BCUT2D eigenvalue weighted by atomic mass is 16.5. The molecule has 0 saturated carbocycles. The van der Waals surface area contributed by atoms with Crippen molar-refractivity contribution in [2.45, 2.75) is 32.2 Å². The van der Waals surface area contributed by atoms with Crippen molar-refractivity contribution < 1.29 is 28.5 Å². The third kappa shape index (κ3) is 6.05. The molecule has 2 heterocycles. The molecule has 1 saturated heterocycles. The van der Waals surface area contributed by atoms with Crippen LogP contribution in [0.4, 0.5) is 0 Å². The van der Waals surface area contributed by atoms with Gasteiger partial charge in [-0.1, -0.05) is 12.1 Å². The van der Waals surface area contributed by atoms with Crippen LogP contribution in [0.2, 0.25) is 0 Å². The van der Waals surface area contributed by atoms with Gasteiger partial charge in [-0.05, 0) is 56.1 Å². The molecule has 0 aromatic heterocycles. The fourth-order valence-corrected chi connectivity index (χ4v) is 4.94. The van der Waals surface area contributed by atoms with Crippen molar-refractivity contribution in [3.63, 3.8) is 0 Å². The number of rotatable bonds is 9. The summed E-state index contributed by atoms with van der Waals surface area (Å²) in [6, 6.07) is 13.0. The van der Waals surface area contributed by atoms with Crippen molar-refractivity contribution in [3.05, 3.63) is 53.6 Å². The van der Waals surface area contributed by atoms with Crippen LogP contribution in [0.5, 0.6) is 17.2 Å². The monoisotopic (exact) mass is 509 g/mol. The molecule has 2 aliphatic rings. The highest BCUT2D eigenvalue weighted by Crippen LogP contribution is 2.37. The molecule has 2 aromatic carbocycles. The van der Waals surface area contributed by atoms with E-state index in [-0.39, 0.29) is 30.4 Å². The molecule has 0 aliphatic carbocycles. The van der Waals surface area contributed by atoms with E-state index in [1.54, 1.807) is 26.3 Å². The standard InChI is InChI=1S/C28H35N3O6/c1-5-37-28(33)20-7-6-14-30(17-20)18-27(32)31-25(19-8-10-21(34-2)11-9-19)16-24(29-31)23-13-12-22(35-3)15-26(23)36-4/h8-13,15,20,25H,5-7,14,16-18H2,1-4H3/t20-,25+/m1/s1. The maximum Gasteiger partial charge on any atom is 0.310 e. The molecule has 9 heteroatoms. The Labute approximate surface area is 217 Å². The van der Waals surface area contributed by atoms with E-state index in [0.717, 1.165) is 42.0 Å². The van der Waals surface area contributed by atoms with Gasteiger partial charge in [0.05, 0.1) is 52.2 Å². The first kappa shape index (κ1) is 26.5. The van der Waals surface area contributed by atoms with Gasteiger partial charge in [0, 0.05) is 24.6 Å². The van der Waals surface area contributed by atoms with Gasteiger partial charge in [0.1, 0.15) is 17.2 Å². The zero-order chi connectivity index (χ0) is 26.4. The number of amides is 1. The number of hydrazone groups is 1. The Balaban J connectivity index is 1.59. The number of carbonyl (C=O) groups excluding carboxylic acids is 2. The van der Waals surface area contributed by atoms with Crippen molar-refractivity contribution in [1.29, 1.82) is 0 Å². The normalized spacial score (nSPS) is 19.8. The lowest BCUT2D eigenvalue weighted by molar-refractivity contribution is -0.150. The average Bonchev–Trinajstić information content (AvgIpc) is 3.38. The molecule has 0 N–H and O–H groups in total. The molecule has 2 aliphatic heterocycles. The van der Waals surface area contributed by atoms with Gasteiger partial charge in [0.25, 0.3) is 5.91 Å². The summed E-state index contributed by atoms with van der Waals surface area (Å²) in [4.78, 5) is 28.0. The number of likely N-dealkylation sites (tertiary alicyclic amines) is 1. The summed E-state index contributed by atoms with van der Waals surface area (Å²) < 4.78 is 21.5. The van der Waals surface area contributed by atoms with Crippen molar-refractivity contribution >= 4 is 17.6 Å². The number of ether oxygens (including phenoxy) is 4. The molecular weight excluding hydrogens is 474 g/mol. The maximum atomic E-state index is 13.6. The van der Waals surface area contributed by atoms with E-state index in [1.165, 1.54) is 0 Å². The molecule has 0 radical (unpaired) electrons. The highest BCUT2D eigenvalue weighted by molar-refractivity contribution is 6.05. The summed E-state index contributed by atoms with van der Waals surface area (Å²) in [5.41, 5.74) is 2.54. The molecule has 2 atom stereocenters. The van der Waals surface area contributed by atoms with Crippen LogP contribution in [0, 0.1) is 5.92 Å². The summed E-state index contributed by atoms with van der Waals surface area (Å²) in [5, 5.41) is 6.38. The molecule has 2 aromatic rings. The second-order valence-electron chi connectivity index (χ2n) is 9.17. The molecular formula is C28H35N3O6. The van der Waals surface area contributed by atoms with Crippen LogP contribution in [0.25, 0.3) is 0 Å². The summed E-state index contributed by atoms with van der Waals surface area (Å²) in [6.07, 6.45) is 2.16. The summed E-state index contributed by atoms with van der Waals surface area (Å²) >= 11 is 0. The number of esters is 1. The van der Waals surface area contributed by atoms with Crippen LogP contribution >= 0.6 is 0 Å². The first-order valence-corrected chi connectivity index (χ1v) is 12.6.